The average Bonchev–Trinajstić information content (AvgIpc) is 3.29. The average molecular weight is 469 g/mol. The molecule has 0 amide bonds. The van der Waals surface area contributed by atoms with E-state index in [9.17, 15) is 12.8 Å². The highest BCUT2D eigenvalue weighted by Crippen LogP contribution is 2.25. The summed E-state index contributed by atoms with van der Waals surface area (Å²) in [6.45, 7) is 1.89. The zero-order chi connectivity index (χ0) is 22.1. The minimum atomic E-state index is -3.55. The molecule has 164 valence electrons. The molecule has 0 spiro atoms. The molecule has 0 bridgehead atoms. The Labute approximate surface area is 190 Å². The van der Waals surface area contributed by atoms with E-state index in [4.69, 9.17) is 0 Å². The molecule has 3 aromatic carbocycles. The predicted octanol–water partition coefficient (Wildman–Crippen LogP) is 3.93. The topological polar surface area (TPSA) is 66.4 Å². The van der Waals surface area contributed by atoms with Crippen molar-refractivity contribution >= 4 is 37.5 Å². The van der Waals surface area contributed by atoms with Gasteiger partial charge in [-0.3, -0.25) is 0 Å². The van der Waals surface area contributed by atoms with Crippen LogP contribution in [0.4, 0.5) is 9.52 Å². The molecule has 5 rings (SSSR count). The maximum absolute atomic E-state index is 13.2. The molecule has 0 atom stereocenters. The van der Waals surface area contributed by atoms with Crippen LogP contribution in [0.5, 0.6) is 0 Å². The quantitative estimate of drug-likeness (QED) is 0.444. The van der Waals surface area contributed by atoms with Gasteiger partial charge in [-0.05, 0) is 40.6 Å². The van der Waals surface area contributed by atoms with E-state index in [0.29, 0.717) is 43.3 Å². The fourth-order valence-electron chi connectivity index (χ4n) is 3.83. The van der Waals surface area contributed by atoms with Gasteiger partial charge >= 0.3 is 0 Å². The van der Waals surface area contributed by atoms with Gasteiger partial charge in [-0.25, -0.2) is 17.8 Å². The van der Waals surface area contributed by atoms with Crippen molar-refractivity contribution in [2.75, 3.05) is 31.1 Å². The minimum Gasteiger partial charge on any atom is -0.344 e. The number of fused-ring (bicyclic) bond motifs is 1. The van der Waals surface area contributed by atoms with Gasteiger partial charge in [0.25, 0.3) is 0 Å². The van der Waals surface area contributed by atoms with Crippen LogP contribution in [-0.2, 0) is 16.4 Å². The van der Waals surface area contributed by atoms with E-state index < -0.39 is 10.0 Å². The molecule has 4 aromatic rings. The second-order valence-corrected chi connectivity index (χ2v) is 10.4. The Morgan fingerprint density at radius 1 is 0.906 bits per heavy atom. The normalized spacial score (nSPS) is 15.3. The zero-order valence-electron chi connectivity index (χ0n) is 17.2. The Kier molecular flexibility index (Phi) is 5.62. The second-order valence-electron chi connectivity index (χ2n) is 7.70. The molecule has 1 fully saturated rings. The molecule has 1 aliphatic heterocycles. The summed E-state index contributed by atoms with van der Waals surface area (Å²) in [5.74, 6) is 0.417. The maximum atomic E-state index is 13.2. The molecule has 0 saturated carbocycles. The van der Waals surface area contributed by atoms with Crippen molar-refractivity contribution in [2.45, 2.75) is 11.3 Å². The number of nitrogens with zero attached hydrogens (tertiary/aromatic N) is 4. The summed E-state index contributed by atoms with van der Waals surface area (Å²) in [4.78, 5) is 6.99. The van der Waals surface area contributed by atoms with Crippen LogP contribution in [0.15, 0.2) is 71.6 Å². The van der Waals surface area contributed by atoms with E-state index >= 15 is 0 Å². The van der Waals surface area contributed by atoms with Gasteiger partial charge in [-0.15, -0.1) is 0 Å². The van der Waals surface area contributed by atoms with Gasteiger partial charge in [0.15, 0.2) is 0 Å². The third-order valence-corrected chi connectivity index (χ3v) is 8.31. The minimum absolute atomic E-state index is 0.266. The predicted molar refractivity (Wildman–Crippen MR) is 124 cm³/mol. The Balaban J connectivity index is 1.25. The van der Waals surface area contributed by atoms with Crippen LogP contribution in [0.25, 0.3) is 10.8 Å². The molecule has 1 aliphatic rings. The van der Waals surface area contributed by atoms with Gasteiger partial charge in [-0.2, -0.15) is 8.68 Å². The first kappa shape index (κ1) is 21.0. The number of anilines is 1. The smallest absolute Gasteiger partial charge is 0.243 e. The standard InChI is InChI=1S/C23H21FN4O2S2/c24-20-8-5-17(6-9-20)15-22-25-23(31-26-22)27-11-13-28(14-12-27)32(29,30)21-10-7-18-3-1-2-4-19(18)16-21/h1-10,16H,11-15H2. The summed E-state index contributed by atoms with van der Waals surface area (Å²) in [7, 11) is -3.55. The number of hydrogen-bond donors (Lipinski definition) is 0. The third kappa shape index (κ3) is 4.23. The molecule has 2 heterocycles. The Morgan fingerprint density at radius 3 is 2.38 bits per heavy atom. The van der Waals surface area contributed by atoms with E-state index in [1.54, 1.807) is 24.3 Å². The zero-order valence-corrected chi connectivity index (χ0v) is 18.8. The summed E-state index contributed by atoms with van der Waals surface area (Å²) in [5, 5.41) is 2.71. The molecule has 0 radical (unpaired) electrons. The molecule has 1 aromatic heterocycles. The summed E-state index contributed by atoms with van der Waals surface area (Å²) in [5.41, 5.74) is 0.946. The Morgan fingerprint density at radius 2 is 1.62 bits per heavy atom. The number of sulfonamides is 1. The summed E-state index contributed by atoms with van der Waals surface area (Å²) < 4.78 is 45.4. The van der Waals surface area contributed by atoms with Crippen molar-refractivity contribution in [2.24, 2.45) is 0 Å². The lowest BCUT2D eigenvalue weighted by Gasteiger charge is -2.33. The SMILES string of the molecule is O=S(=O)(c1ccc2ccccc2c1)N1CCN(c2nc(Cc3ccc(F)cc3)ns2)CC1. The van der Waals surface area contributed by atoms with Gasteiger partial charge in [0, 0.05) is 44.1 Å². The molecular formula is C23H21FN4O2S2. The number of hydrogen-bond acceptors (Lipinski definition) is 6. The van der Waals surface area contributed by atoms with Crippen LogP contribution in [0.3, 0.4) is 0 Å². The lowest BCUT2D eigenvalue weighted by atomic mass is 10.1. The van der Waals surface area contributed by atoms with Gasteiger partial charge in [-0.1, -0.05) is 42.5 Å². The second kappa shape index (κ2) is 8.57. The van der Waals surface area contributed by atoms with Crippen molar-refractivity contribution in [3.8, 4) is 0 Å². The van der Waals surface area contributed by atoms with Crippen molar-refractivity contribution in [3.05, 3.63) is 83.9 Å². The van der Waals surface area contributed by atoms with E-state index in [1.807, 2.05) is 30.3 Å². The fraction of sp³-hybridized carbons (Fsp3) is 0.217. The van der Waals surface area contributed by atoms with E-state index in [2.05, 4.69) is 14.3 Å². The lowest BCUT2D eigenvalue weighted by molar-refractivity contribution is 0.384. The van der Waals surface area contributed by atoms with Crippen LogP contribution >= 0.6 is 11.5 Å². The Hall–Kier alpha value is -2.88. The first-order valence-electron chi connectivity index (χ1n) is 10.3. The van der Waals surface area contributed by atoms with Gasteiger partial charge in [0.2, 0.25) is 15.2 Å². The van der Waals surface area contributed by atoms with Gasteiger partial charge in [0.05, 0.1) is 4.90 Å². The van der Waals surface area contributed by atoms with Crippen molar-refractivity contribution in [3.63, 3.8) is 0 Å². The van der Waals surface area contributed by atoms with E-state index in [0.717, 1.165) is 21.5 Å². The molecule has 32 heavy (non-hydrogen) atoms. The Bertz CT molecular complexity index is 1350. The van der Waals surface area contributed by atoms with Gasteiger partial charge in [0.1, 0.15) is 11.6 Å². The van der Waals surface area contributed by atoms with E-state index in [1.165, 1.54) is 28.0 Å². The number of rotatable bonds is 5. The summed E-state index contributed by atoms with van der Waals surface area (Å²) in [6.07, 6.45) is 0.535. The molecule has 9 heteroatoms. The summed E-state index contributed by atoms with van der Waals surface area (Å²) in [6, 6.07) is 19.3. The van der Waals surface area contributed by atoms with Crippen LogP contribution in [-0.4, -0.2) is 48.3 Å². The fourth-order valence-corrected chi connectivity index (χ4v) is 6.02. The number of aromatic nitrogens is 2. The highest BCUT2D eigenvalue weighted by molar-refractivity contribution is 7.89. The largest absolute Gasteiger partial charge is 0.344 e. The first-order valence-corrected chi connectivity index (χ1v) is 12.5. The molecule has 6 nitrogen and oxygen atoms in total. The molecule has 0 N–H and O–H groups in total. The molecular weight excluding hydrogens is 447 g/mol. The van der Waals surface area contributed by atoms with E-state index in [-0.39, 0.29) is 5.82 Å². The lowest BCUT2D eigenvalue weighted by Crippen LogP contribution is -2.48. The molecule has 0 aliphatic carbocycles. The summed E-state index contributed by atoms with van der Waals surface area (Å²) >= 11 is 1.31. The monoisotopic (exact) mass is 468 g/mol. The van der Waals surface area contributed by atoms with Crippen LogP contribution in [0, 0.1) is 5.82 Å². The highest BCUT2D eigenvalue weighted by Gasteiger charge is 2.29. The van der Waals surface area contributed by atoms with Crippen molar-refractivity contribution < 1.29 is 12.8 Å². The first-order chi connectivity index (χ1) is 15.5. The molecule has 1 saturated heterocycles. The van der Waals surface area contributed by atoms with Crippen LogP contribution in [0.1, 0.15) is 11.4 Å². The highest BCUT2D eigenvalue weighted by atomic mass is 32.2. The number of halogens is 1. The number of benzene rings is 3. The maximum Gasteiger partial charge on any atom is 0.243 e. The third-order valence-electron chi connectivity index (χ3n) is 5.60. The van der Waals surface area contributed by atoms with Crippen molar-refractivity contribution in [1.29, 1.82) is 0 Å². The van der Waals surface area contributed by atoms with Gasteiger partial charge < -0.3 is 4.90 Å². The van der Waals surface area contributed by atoms with Crippen molar-refractivity contribution in [1.82, 2.24) is 13.7 Å². The van der Waals surface area contributed by atoms with Crippen LogP contribution < -0.4 is 4.90 Å². The number of piperazine rings is 1. The molecule has 0 unspecified atom stereocenters. The van der Waals surface area contributed by atoms with Crippen LogP contribution in [0.2, 0.25) is 0 Å².